The van der Waals surface area contributed by atoms with Gasteiger partial charge in [-0.2, -0.15) is 0 Å². The van der Waals surface area contributed by atoms with Crippen LogP contribution in [0.25, 0.3) is 11.0 Å². The predicted molar refractivity (Wildman–Crippen MR) is 69.4 cm³/mol. The number of rotatable bonds is 1. The number of phenolic OH excluding ortho intramolecular Hbond substituents is 1. The molecule has 0 aliphatic heterocycles. The van der Waals surface area contributed by atoms with E-state index in [1.54, 1.807) is 6.26 Å². The van der Waals surface area contributed by atoms with Crippen LogP contribution in [-0.2, 0) is 6.42 Å². The molecule has 1 atom stereocenters. The molecule has 2 aromatic rings. The topological polar surface area (TPSA) is 50.4 Å². The Bertz CT molecular complexity index is 637. The first kappa shape index (κ1) is 11.3. The van der Waals surface area contributed by atoms with Gasteiger partial charge >= 0.3 is 0 Å². The Kier molecular flexibility index (Phi) is 2.44. The van der Waals surface area contributed by atoms with Crippen molar-refractivity contribution in [3.63, 3.8) is 0 Å². The van der Waals surface area contributed by atoms with E-state index in [0.717, 1.165) is 47.6 Å². The molecule has 1 aliphatic carbocycles. The molecule has 0 amide bonds. The SMILES string of the molecule is Cc1coc2c(O)c3c(c(C=O)c12)[C@@H](C)CCC3. The lowest BCUT2D eigenvalue weighted by molar-refractivity contribution is 0.112. The Morgan fingerprint density at radius 3 is 3.00 bits per heavy atom. The standard InChI is InChI=1S/C15H16O3/c1-8-4-3-5-10-12(8)11(6-16)13-9(2)7-18-15(13)14(10)17/h6-8,17H,3-5H2,1-2H3/t8-/m0/s1. The Hall–Kier alpha value is -1.77. The third kappa shape index (κ3) is 1.33. The minimum Gasteiger partial charge on any atom is -0.504 e. The van der Waals surface area contributed by atoms with Gasteiger partial charge in [0.1, 0.15) is 0 Å². The normalized spacial score (nSPS) is 18.9. The highest BCUT2D eigenvalue weighted by atomic mass is 16.3. The van der Waals surface area contributed by atoms with Crippen molar-refractivity contribution in [3.8, 4) is 5.75 Å². The number of carbonyl (C=O) groups excluding carboxylic acids is 1. The summed E-state index contributed by atoms with van der Waals surface area (Å²) < 4.78 is 5.41. The zero-order valence-corrected chi connectivity index (χ0v) is 10.6. The fourth-order valence-corrected chi connectivity index (χ4v) is 3.18. The predicted octanol–water partition coefficient (Wildman–Crippen LogP) is 3.70. The van der Waals surface area contributed by atoms with Crippen LogP contribution in [0.3, 0.4) is 0 Å². The molecular formula is C15H16O3. The van der Waals surface area contributed by atoms with Crippen LogP contribution < -0.4 is 0 Å². The van der Waals surface area contributed by atoms with Crippen LogP contribution in [0, 0.1) is 6.92 Å². The molecule has 0 spiro atoms. The van der Waals surface area contributed by atoms with E-state index in [0.29, 0.717) is 17.1 Å². The average molecular weight is 244 g/mol. The van der Waals surface area contributed by atoms with Crippen molar-refractivity contribution in [2.75, 3.05) is 0 Å². The maximum absolute atomic E-state index is 11.5. The molecule has 0 saturated heterocycles. The van der Waals surface area contributed by atoms with Gasteiger partial charge < -0.3 is 9.52 Å². The zero-order valence-electron chi connectivity index (χ0n) is 10.6. The third-order valence-electron chi connectivity index (χ3n) is 4.04. The molecule has 0 bridgehead atoms. The third-order valence-corrected chi connectivity index (χ3v) is 4.04. The first-order valence-electron chi connectivity index (χ1n) is 6.35. The summed E-state index contributed by atoms with van der Waals surface area (Å²) in [6.07, 6.45) is 5.45. The molecule has 0 saturated carbocycles. The molecule has 1 aromatic heterocycles. The molecule has 0 radical (unpaired) electrons. The van der Waals surface area contributed by atoms with Crippen LogP contribution in [-0.4, -0.2) is 11.4 Å². The Morgan fingerprint density at radius 1 is 1.50 bits per heavy atom. The summed E-state index contributed by atoms with van der Waals surface area (Å²) in [5, 5.41) is 11.1. The van der Waals surface area contributed by atoms with Gasteiger partial charge in [0, 0.05) is 16.5 Å². The summed E-state index contributed by atoms with van der Waals surface area (Å²) >= 11 is 0. The van der Waals surface area contributed by atoms with Gasteiger partial charge in [0.15, 0.2) is 17.6 Å². The van der Waals surface area contributed by atoms with Crippen LogP contribution in [0.5, 0.6) is 5.75 Å². The lowest BCUT2D eigenvalue weighted by Gasteiger charge is -2.25. The van der Waals surface area contributed by atoms with Crippen molar-refractivity contribution >= 4 is 17.3 Å². The molecule has 0 fully saturated rings. The quantitative estimate of drug-likeness (QED) is 0.778. The van der Waals surface area contributed by atoms with Crippen molar-refractivity contribution in [3.05, 3.63) is 28.5 Å². The average Bonchev–Trinajstić information content (AvgIpc) is 2.74. The molecule has 1 heterocycles. The summed E-state index contributed by atoms with van der Waals surface area (Å²) in [5.74, 6) is 0.545. The maximum atomic E-state index is 11.5. The molecule has 0 unspecified atom stereocenters. The van der Waals surface area contributed by atoms with Gasteiger partial charge in [-0.05, 0) is 43.2 Å². The molecule has 1 N–H and O–H groups in total. The number of hydrogen-bond acceptors (Lipinski definition) is 3. The van der Waals surface area contributed by atoms with Gasteiger partial charge in [0.05, 0.1) is 6.26 Å². The first-order chi connectivity index (χ1) is 8.65. The Morgan fingerprint density at radius 2 is 2.28 bits per heavy atom. The Labute approximate surface area is 105 Å². The number of phenols is 1. The van der Waals surface area contributed by atoms with Crippen molar-refractivity contribution in [1.29, 1.82) is 0 Å². The number of benzene rings is 1. The summed E-state index contributed by atoms with van der Waals surface area (Å²) in [5.41, 5.74) is 3.99. The van der Waals surface area contributed by atoms with E-state index < -0.39 is 0 Å². The molecule has 18 heavy (non-hydrogen) atoms. The number of aldehydes is 1. The maximum Gasteiger partial charge on any atom is 0.176 e. The van der Waals surface area contributed by atoms with Gasteiger partial charge in [-0.25, -0.2) is 0 Å². The second kappa shape index (κ2) is 3.87. The van der Waals surface area contributed by atoms with Gasteiger partial charge in [-0.3, -0.25) is 4.79 Å². The smallest absolute Gasteiger partial charge is 0.176 e. The highest BCUT2D eigenvalue weighted by Crippen LogP contribution is 2.44. The number of fused-ring (bicyclic) bond motifs is 2. The van der Waals surface area contributed by atoms with Crippen LogP contribution in [0.4, 0.5) is 0 Å². The zero-order chi connectivity index (χ0) is 12.9. The van der Waals surface area contributed by atoms with Crippen molar-refractivity contribution in [2.45, 2.75) is 39.0 Å². The number of aryl methyl sites for hydroxylation is 1. The van der Waals surface area contributed by atoms with Crippen LogP contribution in [0.1, 0.15) is 52.7 Å². The van der Waals surface area contributed by atoms with Crippen molar-refractivity contribution in [1.82, 2.24) is 0 Å². The van der Waals surface area contributed by atoms with Crippen LogP contribution >= 0.6 is 0 Å². The molecular weight excluding hydrogens is 228 g/mol. The molecule has 1 aromatic carbocycles. The van der Waals surface area contributed by atoms with E-state index in [2.05, 4.69) is 6.92 Å². The number of carbonyl (C=O) groups is 1. The largest absolute Gasteiger partial charge is 0.504 e. The lowest BCUT2D eigenvalue weighted by Crippen LogP contribution is -2.11. The second-order valence-electron chi connectivity index (χ2n) is 5.19. The van der Waals surface area contributed by atoms with Crippen molar-refractivity contribution in [2.24, 2.45) is 0 Å². The number of hydrogen-bond donors (Lipinski definition) is 1. The van der Waals surface area contributed by atoms with Gasteiger partial charge in [0.2, 0.25) is 0 Å². The van der Waals surface area contributed by atoms with Gasteiger partial charge in [-0.15, -0.1) is 0 Å². The number of furan rings is 1. The molecule has 3 rings (SSSR count). The molecule has 3 nitrogen and oxygen atoms in total. The fraction of sp³-hybridized carbons (Fsp3) is 0.400. The van der Waals surface area contributed by atoms with Crippen molar-refractivity contribution < 1.29 is 14.3 Å². The van der Waals surface area contributed by atoms with Gasteiger partial charge in [-0.1, -0.05) is 6.92 Å². The number of aromatic hydroxyl groups is 1. The summed E-state index contributed by atoms with van der Waals surface area (Å²) in [4.78, 5) is 11.5. The first-order valence-corrected chi connectivity index (χ1v) is 6.35. The van der Waals surface area contributed by atoms with E-state index in [-0.39, 0.29) is 5.75 Å². The summed E-state index contributed by atoms with van der Waals surface area (Å²) in [7, 11) is 0. The molecule has 1 aliphatic rings. The summed E-state index contributed by atoms with van der Waals surface area (Å²) in [6, 6.07) is 0. The van der Waals surface area contributed by atoms with E-state index in [1.807, 2.05) is 6.92 Å². The van der Waals surface area contributed by atoms with Crippen LogP contribution in [0.15, 0.2) is 10.7 Å². The minimum absolute atomic E-state index is 0.227. The van der Waals surface area contributed by atoms with Gasteiger partial charge in [0.25, 0.3) is 0 Å². The monoisotopic (exact) mass is 244 g/mol. The van der Waals surface area contributed by atoms with E-state index in [1.165, 1.54) is 0 Å². The fourth-order valence-electron chi connectivity index (χ4n) is 3.18. The highest BCUT2D eigenvalue weighted by molar-refractivity contribution is 6.03. The van der Waals surface area contributed by atoms with E-state index >= 15 is 0 Å². The summed E-state index contributed by atoms with van der Waals surface area (Å²) in [6.45, 7) is 4.02. The minimum atomic E-state index is 0.227. The highest BCUT2D eigenvalue weighted by Gasteiger charge is 2.27. The Balaban J connectivity index is 2.50. The van der Waals surface area contributed by atoms with E-state index in [9.17, 15) is 9.90 Å². The van der Waals surface area contributed by atoms with E-state index in [4.69, 9.17) is 4.42 Å². The molecule has 94 valence electrons. The molecule has 3 heteroatoms. The lowest BCUT2D eigenvalue weighted by atomic mass is 9.79. The second-order valence-corrected chi connectivity index (χ2v) is 5.19. The van der Waals surface area contributed by atoms with Crippen LogP contribution in [0.2, 0.25) is 0 Å².